The minimum Gasteiger partial charge on any atom is -0.487 e. The highest BCUT2D eigenvalue weighted by atomic mass is 32.1. The molecule has 0 aliphatic heterocycles. The molecule has 0 saturated carbocycles. The van der Waals surface area contributed by atoms with E-state index < -0.39 is 0 Å². The molecule has 0 spiro atoms. The third kappa shape index (κ3) is 2.80. The Morgan fingerprint density at radius 3 is 2.71 bits per heavy atom. The number of carbonyl (C=O) groups excluding carboxylic acids is 1. The van der Waals surface area contributed by atoms with Crippen molar-refractivity contribution in [2.24, 2.45) is 0 Å². The lowest BCUT2D eigenvalue weighted by Crippen LogP contribution is -2.30. The Kier molecular flexibility index (Phi) is 4.39. The number of hydrogen-bond donors (Lipinski definition) is 1. The van der Waals surface area contributed by atoms with Gasteiger partial charge in [0.15, 0.2) is 16.5 Å². The molecule has 24 heavy (non-hydrogen) atoms. The van der Waals surface area contributed by atoms with Crippen LogP contribution >= 0.6 is 11.3 Å². The molecule has 2 N–H and O–H groups in total. The van der Waals surface area contributed by atoms with Gasteiger partial charge in [0.25, 0.3) is 5.91 Å². The average molecular weight is 345 g/mol. The molecule has 0 bridgehead atoms. The summed E-state index contributed by atoms with van der Waals surface area (Å²) in [6.45, 7) is 5.19. The molecule has 0 unspecified atom stereocenters. The fraction of sp³-hybridized carbons (Fsp3) is 0.312. The Labute approximate surface area is 143 Å². The maximum atomic E-state index is 12.5. The predicted molar refractivity (Wildman–Crippen MR) is 94.5 cm³/mol. The summed E-state index contributed by atoms with van der Waals surface area (Å²) in [4.78, 5) is 19.6. The smallest absolute Gasteiger partial charge is 0.254 e. The molecule has 3 rings (SSSR count). The number of thiophene rings is 1. The molecule has 3 aromatic rings. The zero-order chi connectivity index (χ0) is 17.3. The number of anilines is 1. The van der Waals surface area contributed by atoms with Gasteiger partial charge in [0.2, 0.25) is 0 Å². The van der Waals surface area contributed by atoms with Crippen molar-refractivity contribution in [3.8, 4) is 15.8 Å². The topological polar surface area (TPSA) is 85.8 Å². The number of ether oxygens (including phenoxy) is 1. The van der Waals surface area contributed by atoms with E-state index >= 15 is 0 Å². The monoisotopic (exact) mass is 345 g/mol. The maximum Gasteiger partial charge on any atom is 0.254 e. The molecule has 126 valence electrons. The summed E-state index contributed by atoms with van der Waals surface area (Å²) < 4.78 is 6.74. The molecule has 0 aromatic carbocycles. The van der Waals surface area contributed by atoms with E-state index in [0.29, 0.717) is 35.9 Å². The van der Waals surface area contributed by atoms with Gasteiger partial charge in [0.05, 0.1) is 12.0 Å². The highest BCUT2D eigenvalue weighted by molar-refractivity contribution is 7.17. The van der Waals surface area contributed by atoms with Crippen LogP contribution in [0.2, 0.25) is 0 Å². The number of fused-ring (bicyclic) bond motifs is 1. The Balaban J connectivity index is 2.03. The van der Waals surface area contributed by atoms with E-state index in [1.807, 2.05) is 26.0 Å². The standard InChI is InChI=1S/C16H19N5O2S/c1-4-20(5-2)16(22)10-8-12(17)21-13(9-10)18-15(19-21)11-6-7-14(23-3)24-11/h6-9H,4-5,17H2,1-3H3. The first-order valence-corrected chi connectivity index (χ1v) is 8.48. The lowest BCUT2D eigenvalue weighted by atomic mass is 10.2. The fourth-order valence-corrected chi connectivity index (χ4v) is 3.23. The van der Waals surface area contributed by atoms with E-state index in [1.54, 1.807) is 28.7 Å². The van der Waals surface area contributed by atoms with E-state index in [9.17, 15) is 4.79 Å². The number of methoxy groups -OCH3 is 1. The van der Waals surface area contributed by atoms with Crippen molar-refractivity contribution in [3.63, 3.8) is 0 Å². The molecule has 7 nitrogen and oxygen atoms in total. The molecule has 0 fully saturated rings. The number of nitrogens with zero attached hydrogens (tertiary/aromatic N) is 4. The quantitative estimate of drug-likeness (QED) is 0.768. The van der Waals surface area contributed by atoms with Gasteiger partial charge in [0.1, 0.15) is 5.82 Å². The number of carbonyl (C=O) groups is 1. The summed E-state index contributed by atoms with van der Waals surface area (Å²) in [5, 5.41) is 5.21. The van der Waals surface area contributed by atoms with Crippen molar-refractivity contribution in [2.75, 3.05) is 25.9 Å². The van der Waals surface area contributed by atoms with Gasteiger partial charge in [0, 0.05) is 18.7 Å². The maximum absolute atomic E-state index is 12.5. The van der Waals surface area contributed by atoms with Crippen molar-refractivity contribution in [3.05, 3.63) is 29.8 Å². The van der Waals surface area contributed by atoms with Crippen LogP contribution in [0.3, 0.4) is 0 Å². The molecule has 8 heteroatoms. The summed E-state index contributed by atoms with van der Waals surface area (Å²) in [5.74, 6) is 0.879. The average Bonchev–Trinajstić information content (AvgIpc) is 3.22. The minimum absolute atomic E-state index is 0.0588. The van der Waals surface area contributed by atoms with Gasteiger partial charge in [-0.25, -0.2) is 4.98 Å². The van der Waals surface area contributed by atoms with Crippen LogP contribution in [0.15, 0.2) is 24.3 Å². The van der Waals surface area contributed by atoms with Gasteiger partial charge in [-0.15, -0.1) is 5.10 Å². The lowest BCUT2D eigenvalue weighted by Gasteiger charge is -2.18. The second-order valence-corrected chi connectivity index (χ2v) is 6.22. The van der Waals surface area contributed by atoms with Crippen LogP contribution in [0.4, 0.5) is 5.82 Å². The normalized spacial score (nSPS) is 11.0. The SMILES string of the molecule is CCN(CC)C(=O)c1cc(N)n2nc(-c3ccc(OC)s3)nc2c1. The highest BCUT2D eigenvalue weighted by Crippen LogP contribution is 2.31. The molecule has 0 atom stereocenters. The zero-order valence-corrected chi connectivity index (χ0v) is 14.6. The summed E-state index contributed by atoms with van der Waals surface area (Å²) in [7, 11) is 1.62. The Bertz CT molecular complexity index is 882. The first-order valence-electron chi connectivity index (χ1n) is 7.67. The number of nitrogens with two attached hydrogens (primary N) is 1. The molecule has 3 aromatic heterocycles. The van der Waals surface area contributed by atoms with E-state index in [4.69, 9.17) is 10.5 Å². The summed E-state index contributed by atoms with van der Waals surface area (Å²) in [6, 6.07) is 7.13. The van der Waals surface area contributed by atoms with Crippen LogP contribution in [0.1, 0.15) is 24.2 Å². The van der Waals surface area contributed by atoms with Crippen LogP contribution < -0.4 is 10.5 Å². The molecular formula is C16H19N5O2S. The number of hydrogen-bond acceptors (Lipinski definition) is 6. The molecule has 0 aliphatic carbocycles. The van der Waals surface area contributed by atoms with Crippen LogP contribution in [0.5, 0.6) is 5.06 Å². The number of pyridine rings is 1. The predicted octanol–water partition coefficient (Wildman–Crippen LogP) is 2.53. The number of rotatable bonds is 5. The van der Waals surface area contributed by atoms with Crippen molar-refractivity contribution in [1.82, 2.24) is 19.5 Å². The third-order valence-electron chi connectivity index (χ3n) is 3.77. The Morgan fingerprint density at radius 2 is 2.08 bits per heavy atom. The molecular weight excluding hydrogens is 326 g/mol. The Hall–Kier alpha value is -2.61. The van der Waals surface area contributed by atoms with Crippen molar-refractivity contribution in [2.45, 2.75) is 13.8 Å². The van der Waals surface area contributed by atoms with E-state index in [1.165, 1.54) is 11.3 Å². The van der Waals surface area contributed by atoms with Gasteiger partial charge < -0.3 is 15.4 Å². The summed E-state index contributed by atoms with van der Waals surface area (Å²) in [5.41, 5.74) is 7.14. The van der Waals surface area contributed by atoms with Gasteiger partial charge in [-0.1, -0.05) is 11.3 Å². The first kappa shape index (κ1) is 16.3. The Morgan fingerprint density at radius 1 is 1.33 bits per heavy atom. The summed E-state index contributed by atoms with van der Waals surface area (Å²) in [6.07, 6.45) is 0. The van der Waals surface area contributed by atoms with Crippen LogP contribution in [0.25, 0.3) is 16.3 Å². The molecule has 1 amide bonds. The largest absolute Gasteiger partial charge is 0.487 e. The molecule has 0 saturated heterocycles. The van der Waals surface area contributed by atoms with Gasteiger partial charge in [-0.05, 0) is 38.1 Å². The highest BCUT2D eigenvalue weighted by Gasteiger charge is 2.17. The molecule has 0 radical (unpaired) electrons. The van der Waals surface area contributed by atoms with Gasteiger partial charge >= 0.3 is 0 Å². The second-order valence-electron chi connectivity index (χ2n) is 5.17. The lowest BCUT2D eigenvalue weighted by molar-refractivity contribution is 0.0773. The number of aromatic nitrogens is 3. The van der Waals surface area contributed by atoms with Gasteiger partial charge in [-0.2, -0.15) is 4.52 Å². The van der Waals surface area contributed by atoms with Crippen LogP contribution in [0, 0.1) is 0 Å². The zero-order valence-electron chi connectivity index (χ0n) is 13.8. The molecule has 3 heterocycles. The third-order valence-corrected chi connectivity index (χ3v) is 4.81. The minimum atomic E-state index is -0.0588. The van der Waals surface area contributed by atoms with Crippen molar-refractivity contribution >= 4 is 28.7 Å². The van der Waals surface area contributed by atoms with Crippen LogP contribution in [-0.4, -0.2) is 45.6 Å². The second kappa shape index (κ2) is 6.48. The van der Waals surface area contributed by atoms with E-state index in [2.05, 4.69) is 10.1 Å². The van der Waals surface area contributed by atoms with Crippen LogP contribution in [-0.2, 0) is 0 Å². The van der Waals surface area contributed by atoms with Crippen molar-refractivity contribution in [1.29, 1.82) is 0 Å². The van der Waals surface area contributed by atoms with E-state index in [0.717, 1.165) is 9.94 Å². The summed E-state index contributed by atoms with van der Waals surface area (Å²) >= 11 is 1.45. The van der Waals surface area contributed by atoms with Crippen molar-refractivity contribution < 1.29 is 9.53 Å². The number of amides is 1. The number of nitrogen functional groups attached to an aromatic ring is 1. The first-order chi connectivity index (χ1) is 11.6. The fourth-order valence-electron chi connectivity index (χ4n) is 2.48. The van der Waals surface area contributed by atoms with E-state index in [-0.39, 0.29) is 5.91 Å². The van der Waals surface area contributed by atoms with Gasteiger partial charge in [-0.3, -0.25) is 4.79 Å². The molecule has 0 aliphatic rings.